The summed E-state index contributed by atoms with van der Waals surface area (Å²) in [6.45, 7) is 1.95. The Bertz CT molecular complexity index is 645. The second-order valence-corrected chi connectivity index (χ2v) is 4.36. The number of rotatable bonds is 3. The molecule has 0 fully saturated rings. The van der Waals surface area contributed by atoms with Crippen LogP contribution in [0.25, 0.3) is 0 Å². The van der Waals surface area contributed by atoms with Gasteiger partial charge in [-0.2, -0.15) is 0 Å². The number of benzene rings is 2. The number of aromatic hydroxyl groups is 1. The van der Waals surface area contributed by atoms with Gasteiger partial charge in [-0.3, -0.25) is 4.99 Å². The Hall–Kier alpha value is -2.62. The highest BCUT2D eigenvalue weighted by atomic mass is 16.5. The van der Waals surface area contributed by atoms with Crippen molar-refractivity contribution >= 4 is 17.9 Å². The van der Waals surface area contributed by atoms with E-state index in [1.54, 1.807) is 36.5 Å². The number of aliphatic imine (C=N–C) groups is 1. The third-order valence-electron chi connectivity index (χ3n) is 2.82. The lowest BCUT2D eigenvalue weighted by molar-refractivity contribution is 0.0601. The monoisotopic (exact) mass is 269 g/mol. The van der Waals surface area contributed by atoms with E-state index >= 15 is 0 Å². The number of ether oxygens (including phenoxy) is 1. The summed E-state index contributed by atoms with van der Waals surface area (Å²) in [4.78, 5) is 15.6. The van der Waals surface area contributed by atoms with Gasteiger partial charge in [0.2, 0.25) is 0 Å². The van der Waals surface area contributed by atoms with Crippen LogP contribution in [0.1, 0.15) is 21.5 Å². The predicted octanol–water partition coefficient (Wildman–Crippen LogP) is 3.24. The van der Waals surface area contributed by atoms with E-state index in [-0.39, 0.29) is 11.7 Å². The molecule has 0 aliphatic carbocycles. The number of hydrogen-bond donors (Lipinski definition) is 1. The van der Waals surface area contributed by atoms with Crippen LogP contribution in [0, 0.1) is 6.92 Å². The van der Waals surface area contributed by atoms with Crippen molar-refractivity contribution in [2.75, 3.05) is 7.11 Å². The van der Waals surface area contributed by atoms with Gasteiger partial charge in [0.1, 0.15) is 5.75 Å². The van der Waals surface area contributed by atoms with Gasteiger partial charge in [-0.25, -0.2) is 4.79 Å². The highest BCUT2D eigenvalue weighted by Crippen LogP contribution is 2.18. The van der Waals surface area contributed by atoms with Crippen molar-refractivity contribution in [3.63, 3.8) is 0 Å². The van der Waals surface area contributed by atoms with Crippen molar-refractivity contribution in [1.82, 2.24) is 0 Å². The molecule has 20 heavy (non-hydrogen) atoms. The third kappa shape index (κ3) is 3.23. The lowest BCUT2D eigenvalue weighted by Gasteiger charge is -2.01. The predicted molar refractivity (Wildman–Crippen MR) is 77.9 cm³/mol. The van der Waals surface area contributed by atoms with E-state index < -0.39 is 0 Å². The van der Waals surface area contributed by atoms with Crippen LogP contribution in [0.2, 0.25) is 0 Å². The normalized spacial score (nSPS) is 10.7. The average molecular weight is 269 g/mol. The van der Waals surface area contributed by atoms with Gasteiger partial charge >= 0.3 is 5.97 Å². The van der Waals surface area contributed by atoms with Crippen molar-refractivity contribution in [1.29, 1.82) is 0 Å². The summed E-state index contributed by atoms with van der Waals surface area (Å²) in [5, 5.41) is 9.71. The second kappa shape index (κ2) is 6.02. The molecule has 2 aromatic carbocycles. The van der Waals surface area contributed by atoms with E-state index in [2.05, 4.69) is 9.73 Å². The summed E-state index contributed by atoms with van der Waals surface area (Å²) < 4.78 is 4.62. The Kier molecular flexibility index (Phi) is 4.15. The zero-order valence-electron chi connectivity index (χ0n) is 11.3. The van der Waals surface area contributed by atoms with E-state index in [0.29, 0.717) is 16.8 Å². The molecule has 4 nitrogen and oxygen atoms in total. The summed E-state index contributed by atoms with van der Waals surface area (Å²) in [6, 6.07) is 12.0. The highest BCUT2D eigenvalue weighted by molar-refractivity contribution is 5.90. The van der Waals surface area contributed by atoms with Gasteiger partial charge in [0.15, 0.2) is 0 Å². The summed E-state index contributed by atoms with van der Waals surface area (Å²) >= 11 is 0. The van der Waals surface area contributed by atoms with Crippen molar-refractivity contribution in [2.45, 2.75) is 6.92 Å². The molecule has 2 rings (SSSR count). The number of phenols is 1. The summed E-state index contributed by atoms with van der Waals surface area (Å²) in [7, 11) is 1.34. The number of esters is 1. The van der Waals surface area contributed by atoms with Gasteiger partial charge in [-0.1, -0.05) is 11.6 Å². The lowest BCUT2D eigenvalue weighted by Crippen LogP contribution is -1.99. The first-order chi connectivity index (χ1) is 9.60. The molecule has 0 amide bonds. The van der Waals surface area contributed by atoms with Crippen LogP contribution in [-0.2, 0) is 4.74 Å². The smallest absolute Gasteiger partial charge is 0.337 e. The minimum absolute atomic E-state index is 0.186. The molecular weight excluding hydrogens is 254 g/mol. The fraction of sp³-hybridized carbons (Fsp3) is 0.125. The molecule has 0 radical (unpaired) electrons. The number of aryl methyl sites for hydroxylation is 1. The Morgan fingerprint density at radius 3 is 2.55 bits per heavy atom. The van der Waals surface area contributed by atoms with Gasteiger partial charge in [-0.05, 0) is 43.3 Å². The molecule has 0 aliphatic heterocycles. The van der Waals surface area contributed by atoms with E-state index in [9.17, 15) is 9.90 Å². The van der Waals surface area contributed by atoms with E-state index in [4.69, 9.17) is 0 Å². The van der Waals surface area contributed by atoms with Crippen molar-refractivity contribution in [3.8, 4) is 5.75 Å². The lowest BCUT2D eigenvalue weighted by atomic mass is 10.1. The summed E-state index contributed by atoms with van der Waals surface area (Å²) in [6.07, 6.45) is 1.59. The molecule has 0 aromatic heterocycles. The molecule has 0 heterocycles. The van der Waals surface area contributed by atoms with Gasteiger partial charge in [0, 0.05) is 11.8 Å². The molecule has 2 aromatic rings. The Balaban J connectivity index is 2.19. The molecule has 0 saturated carbocycles. The minimum Gasteiger partial charge on any atom is -0.507 e. The molecule has 0 atom stereocenters. The SMILES string of the molecule is COC(=O)c1ccc(N=Cc2cc(C)ccc2O)cc1. The maximum atomic E-state index is 11.3. The molecule has 0 aliphatic rings. The summed E-state index contributed by atoms with van der Waals surface area (Å²) in [5.74, 6) is -0.192. The first-order valence-electron chi connectivity index (χ1n) is 6.12. The van der Waals surface area contributed by atoms with E-state index in [1.165, 1.54) is 7.11 Å². The number of nitrogens with zero attached hydrogens (tertiary/aromatic N) is 1. The molecule has 0 unspecified atom stereocenters. The number of phenolic OH excluding ortho intramolecular Hbond substituents is 1. The van der Waals surface area contributed by atoms with Gasteiger partial charge in [-0.15, -0.1) is 0 Å². The van der Waals surface area contributed by atoms with Crippen LogP contribution in [0.15, 0.2) is 47.5 Å². The molecule has 4 heteroatoms. The molecule has 0 saturated heterocycles. The first-order valence-corrected chi connectivity index (χ1v) is 6.12. The van der Waals surface area contributed by atoms with Crippen LogP contribution in [-0.4, -0.2) is 24.4 Å². The van der Waals surface area contributed by atoms with Crippen molar-refractivity contribution in [3.05, 3.63) is 59.2 Å². The zero-order chi connectivity index (χ0) is 14.5. The highest BCUT2D eigenvalue weighted by Gasteiger charge is 2.03. The maximum absolute atomic E-state index is 11.3. The molecule has 102 valence electrons. The number of carbonyl (C=O) groups is 1. The summed E-state index contributed by atoms with van der Waals surface area (Å²) in [5.41, 5.74) is 2.87. The van der Waals surface area contributed by atoms with E-state index in [1.807, 2.05) is 19.1 Å². The number of carbonyl (C=O) groups excluding carboxylic acids is 1. The van der Waals surface area contributed by atoms with Crippen LogP contribution in [0.3, 0.4) is 0 Å². The fourth-order valence-corrected chi connectivity index (χ4v) is 1.72. The molecule has 1 N–H and O–H groups in total. The van der Waals surface area contributed by atoms with Crippen LogP contribution in [0.4, 0.5) is 5.69 Å². The number of hydrogen-bond acceptors (Lipinski definition) is 4. The Morgan fingerprint density at radius 2 is 1.90 bits per heavy atom. The minimum atomic E-state index is -0.378. The van der Waals surface area contributed by atoms with Crippen LogP contribution < -0.4 is 0 Å². The third-order valence-corrected chi connectivity index (χ3v) is 2.82. The van der Waals surface area contributed by atoms with Crippen molar-refractivity contribution in [2.24, 2.45) is 4.99 Å². The van der Waals surface area contributed by atoms with E-state index in [0.717, 1.165) is 5.56 Å². The maximum Gasteiger partial charge on any atom is 0.337 e. The zero-order valence-corrected chi connectivity index (χ0v) is 11.3. The van der Waals surface area contributed by atoms with Gasteiger partial charge < -0.3 is 9.84 Å². The Labute approximate surface area is 117 Å². The molecule has 0 spiro atoms. The molecular formula is C16H15NO3. The Morgan fingerprint density at radius 1 is 1.20 bits per heavy atom. The molecule has 0 bridgehead atoms. The standard InChI is InChI=1S/C16H15NO3/c1-11-3-8-15(18)13(9-11)10-17-14-6-4-12(5-7-14)16(19)20-2/h3-10,18H,1-2H3. The largest absolute Gasteiger partial charge is 0.507 e. The quantitative estimate of drug-likeness (QED) is 0.687. The van der Waals surface area contributed by atoms with Gasteiger partial charge in [0.25, 0.3) is 0 Å². The topological polar surface area (TPSA) is 58.9 Å². The second-order valence-electron chi connectivity index (χ2n) is 4.36. The van der Waals surface area contributed by atoms with Crippen molar-refractivity contribution < 1.29 is 14.6 Å². The number of methoxy groups -OCH3 is 1. The fourth-order valence-electron chi connectivity index (χ4n) is 1.72. The van der Waals surface area contributed by atoms with Gasteiger partial charge in [0.05, 0.1) is 18.4 Å². The van der Waals surface area contributed by atoms with Crippen LogP contribution in [0.5, 0.6) is 5.75 Å². The first kappa shape index (κ1) is 13.8. The average Bonchev–Trinajstić information content (AvgIpc) is 2.48. The van der Waals surface area contributed by atoms with Crippen LogP contribution >= 0.6 is 0 Å².